The van der Waals surface area contributed by atoms with Crippen LogP contribution in [0.15, 0.2) is 12.4 Å². The van der Waals surface area contributed by atoms with E-state index in [1.807, 2.05) is 18.7 Å². The van der Waals surface area contributed by atoms with Crippen LogP contribution in [0.25, 0.3) is 0 Å². The molecule has 5 heteroatoms. The molecule has 1 aromatic rings. The van der Waals surface area contributed by atoms with Crippen molar-refractivity contribution in [2.75, 3.05) is 18.1 Å². The van der Waals surface area contributed by atoms with E-state index >= 15 is 0 Å². The maximum absolute atomic E-state index is 12.0. The van der Waals surface area contributed by atoms with Gasteiger partial charge in [-0.15, -0.1) is 0 Å². The Hall–Kier alpha value is -1.65. The van der Waals surface area contributed by atoms with E-state index in [-0.39, 0.29) is 12.0 Å². The van der Waals surface area contributed by atoms with Gasteiger partial charge in [-0.2, -0.15) is 0 Å². The quantitative estimate of drug-likeness (QED) is 0.763. The van der Waals surface area contributed by atoms with E-state index in [9.17, 15) is 4.79 Å². The topological polar surface area (TPSA) is 55.3 Å². The number of anilines is 1. The van der Waals surface area contributed by atoms with Crippen molar-refractivity contribution in [2.24, 2.45) is 0 Å². The molecule has 18 heavy (non-hydrogen) atoms. The second-order valence-electron chi connectivity index (χ2n) is 4.42. The third-order valence-corrected chi connectivity index (χ3v) is 3.19. The van der Waals surface area contributed by atoms with Crippen molar-refractivity contribution in [2.45, 2.75) is 39.2 Å². The number of carbonyl (C=O) groups excluding carboxylic acids is 1. The summed E-state index contributed by atoms with van der Waals surface area (Å²) in [7, 11) is 0. The van der Waals surface area contributed by atoms with Crippen LogP contribution in [-0.2, 0) is 9.53 Å². The van der Waals surface area contributed by atoms with Crippen LogP contribution in [0, 0.1) is 6.92 Å². The summed E-state index contributed by atoms with van der Waals surface area (Å²) in [6.07, 6.45) is 6.29. The van der Waals surface area contributed by atoms with Crippen LogP contribution in [0.5, 0.6) is 0 Å². The average Bonchev–Trinajstić information content (AvgIpc) is 2.40. The maximum atomic E-state index is 12.0. The Kier molecular flexibility index (Phi) is 4.12. The second-order valence-corrected chi connectivity index (χ2v) is 4.42. The van der Waals surface area contributed by atoms with E-state index in [1.165, 1.54) is 0 Å². The minimum absolute atomic E-state index is 0.151. The third-order valence-electron chi connectivity index (χ3n) is 3.19. The Labute approximate surface area is 107 Å². The molecule has 2 rings (SSSR count). The van der Waals surface area contributed by atoms with Crippen LogP contribution < -0.4 is 4.90 Å². The van der Waals surface area contributed by atoms with E-state index in [2.05, 4.69) is 9.97 Å². The molecule has 1 saturated heterocycles. The number of carbonyl (C=O) groups is 1. The lowest BCUT2D eigenvalue weighted by Gasteiger charge is -2.35. The molecule has 5 nitrogen and oxygen atoms in total. The zero-order valence-electron chi connectivity index (χ0n) is 10.9. The largest absolute Gasteiger partial charge is 0.464 e. The van der Waals surface area contributed by atoms with E-state index in [0.717, 1.165) is 37.3 Å². The van der Waals surface area contributed by atoms with Gasteiger partial charge >= 0.3 is 5.97 Å². The average molecular weight is 249 g/mol. The zero-order chi connectivity index (χ0) is 13.0. The third kappa shape index (κ3) is 2.60. The Morgan fingerprint density at radius 2 is 2.22 bits per heavy atom. The van der Waals surface area contributed by atoms with Gasteiger partial charge in [-0.3, -0.25) is 4.98 Å². The molecule has 1 aromatic heterocycles. The molecule has 0 amide bonds. The number of hydrogen-bond donors (Lipinski definition) is 0. The minimum atomic E-state index is -0.214. The highest BCUT2D eigenvalue weighted by atomic mass is 16.5. The number of esters is 1. The normalized spacial score (nSPS) is 19.7. The molecule has 0 radical (unpaired) electrons. The van der Waals surface area contributed by atoms with Crippen molar-refractivity contribution in [1.82, 2.24) is 9.97 Å². The minimum Gasteiger partial charge on any atom is -0.464 e. The van der Waals surface area contributed by atoms with Crippen molar-refractivity contribution in [3.63, 3.8) is 0 Å². The van der Waals surface area contributed by atoms with Crippen LogP contribution in [0.2, 0.25) is 0 Å². The Bertz CT molecular complexity index is 422. The first-order valence-corrected chi connectivity index (χ1v) is 6.45. The fraction of sp³-hybridized carbons (Fsp3) is 0.615. The number of aryl methyl sites for hydroxylation is 1. The molecule has 0 aromatic carbocycles. The van der Waals surface area contributed by atoms with Gasteiger partial charge in [-0.1, -0.05) is 0 Å². The van der Waals surface area contributed by atoms with E-state index in [4.69, 9.17) is 4.74 Å². The summed E-state index contributed by atoms with van der Waals surface area (Å²) in [6, 6.07) is -0.214. The summed E-state index contributed by atoms with van der Waals surface area (Å²) in [5.41, 5.74) is 0.855. The lowest BCUT2D eigenvalue weighted by Crippen LogP contribution is -2.46. The summed E-state index contributed by atoms with van der Waals surface area (Å²) < 4.78 is 5.14. The van der Waals surface area contributed by atoms with Gasteiger partial charge < -0.3 is 9.64 Å². The first kappa shape index (κ1) is 12.8. The molecular formula is C13H19N3O2. The van der Waals surface area contributed by atoms with Crippen molar-refractivity contribution in [3.05, 3.63) is 18.1 Å². The molecule has 0 bridgehead atoms. The first-order chi connectivity index (χ1) is 8.74. The van der Waals surface area contributed by atoms with Crippen LogP contribution in [-0.4, -0.2) is 35.1 Å². The molecule has 0 spiro atoms. The molecule has 2 heterocycles. The van der Waals surface area contributed by atoms with Gasteiger partial charge in [0.2, 0.25) is 0 Å². The molecule has 1 atom stereocenters. The number of ether oxygens (including phenoxy) is 1. The Morgan fingerprint density at radius 3 is 2.94 bits per heavy atom. The predicted molar refractivity (Wildman–Crippen MR) is 68.4 cm³/mol. The highest BCUT2D eigenvalue weighted by Gasteiger charge is 2.31. The number of rotatable bonds is 3. The number of nitrogens with zero attached hydrogens (tertiary/aromatic N) is 3. The Morgan fingerprint density at radius 1 is 1.44 bits per heavy atom. The van der Waals surface area contributed by atoms with E-state index < -0.39 is 0 Å². The van der Waals surface area contributed by atoms with Crippen molar-refractivity contribution in [1.29, 1.82) is 0 Å². The van der Waals surface area contributed by atoms with Gasteiger partial charge in [-0.25, -0.2) is 9.78 Å². The molecule has 1 unspecified atom stereocenters. The van der Waals surface area contributed by atoms with E-state index in [0.29, 0.717) is 6.61 Å². The van der Waals surface area contributed by atoms with Crippen LogP contribution in [0.3, 0.4) is 0 Å². The second kappa shape index (κ2) is 5.80. The van der Waals surface area contributed by atoms with Gasteiger partial charge in [0.1, 0.15) is 6.04 Å². The van der Waals surface area contributed by atoms with E-state index in [1.54, 1.807) is 12.4 Å². The number of aromatic nitrogens is 2. The monoisotopic (exact) mass is 249 g/mol. The summed E-state index contributed by atoms with van der Waals surface area (Å²) in [5.74, 6) is 0.650. The van der Waals surface area contributed by atoms with Crippen LogP contribution >= 0.6 is 0 Å². The molecular weight excluding hydrogens is 230 g/mol. The molecule has 0 aliphatic carbocycles. The molecule has 0 N–H and O–H groups in total. The highest BCUT2D eigenvalue weighted by molar-refractivity contribution is 5.80. The lowest BCUT2D eigenvalue weighted by molar-refractivity contribution is -0.145. The molecule has 1 aliphatic rings. The van der Waals surface area contributed by atoms with Crippen molar-refractivity contribution in [3.8, 4) is 0 Å². The fourth-order valence-electron chi connectivity index (χ4n) is 2.35. The summed E-state index contributed by atoms with van der Waals surface area (Å²) in [4.78, 5) is 22.6. The maximum Gasteiger partial charge on any atom is 0.328 e. The zero-order valence-corrected chi connectivity index (χ0v) is 10.9. The Balaban J connectivity index is 2.23. The predicted octanol–water partition coefficient (Wildman–Crippen LogP) is 1.71. The van der Waals surface area contributed by atoms with Gasteiger partial charge in [0.05, 0.1) is 12.3 Å². The highest BCUT2D eigenvalue weighted by Crippen LogP contribution is 2.25. The van der Waals surface area contributed by atoms with Gasteiger partial charge in [0.15, 0.2) is 5.82 Å². The van der Waals surface area contributed by atoms with Gasteiger partial charge in [0.25, 0.3) is 0 Å². The van der Waals surface area contributed by atoms with Crippen molar-refractivity contribution >= 4 is 11.8 Å². The molecule has 1 aliphatic heterocycles. The molecule has 1 fully saturated rings. The first-order valence-electron chi connectivity index (χ1n) is 6.45. The summed E-state index contributed by atoms with van der Waals surface area (Å²) in [6.45, 7) is 5.00. The number of hydrogen-bond acceptors (Lipinski definition) is 5. The smallest absolute Gasteiger partial charge is 0.328 e. The van der Waals surface area contributed by atoms with Crippen molar-refractivity contribution < 1.29 is 9.53 Å². The molecule has 98 valence electrons. The van der Waals surface area contributed by atoms with Gasteiger partial charge in [0, 0.05) is 18.9 Å². The fourth-order valence-corrected chi connectivity index (χ4v) is 2.35. The standard InChI is InChI=1S/C13H19N3O2/c1-3-18-13(17)11-6-4-5-9-16(11)12-10(2)14-7-8-15-12/h7-8,11H,3-6,9H2,1-2H3. The van der Waals surface area contributed by atoms with Crippen LogP contribution in [0.1, 0.15) is 31.9 Å². The summed E-state index contributed by atoms with van der Waals surface area (Å²) >= 11 is 0. The van der Waals surface area contributed by atoms with Crippen LogP contribution in [0.4, 0.5) is 5.82 Å². The lowest BCUT2D eigenvalue weighted by atomic mass is 10.0. The number of piperidine rings is 1. The molecule has 0 saturated carbocycles. The van der Waals surface area contributed by atoms with Gasteiger partial charge in [-0.05, 0) is 33.1 Å². The summed E-state index contributed by atoms with van der Waals surface area (Å²) in [5, 5.41) is 0. The SMILES string of the molecule is CCOC(=O)C1CCCCN1c1nccnc1C.